The van der Waals surface area contributed by atoms with Gasteiger partial charge in [0.25, 0.3) is 0 Å². The quantitative estimate of drug-likeness (QED) is 0.185. The maximum atomic E-state index is 6.51. The van der Waals surface area contributed by atoms with Crippen LogP contribution in [0.5, 0.6) is 0 Å². The summed E-state index contributed by atoms with van der Waals surface area (Å²) in [7, 11) is 0. The van der Waals surface area contributed by atoms with Crippen LogP contribution in [0.3, 0.4) is 0 Å². The Morgan fingerprint density at radius 3 is 1.71 bits per heavy atom. The lowest BCUT2D eigenvalue weighted by atomic mass is 10.1. The van der Waals surface area contributed by atoms with Crippen LogP contribution in [-0.2, 0) is 0 Å². The van der Waals surface area contributed by atoms with Crippen molar-refractivity contribution in [1.82, 2.24) is 15.0 Å². The van der Waals surface area contributed by atoms with E-state index in [2.05, 4.69) is 64.5 Å². The van der Waals surface area contributed by atoms with Crippen molar-refractivity contribution in [3.8, 4) is 32.8 Å². The predicted octanol–water partition coefficient (Wildman–Crippen LogP) is 11.1. The molecule has 0 bridgehead atoms. The van der Waals surface area contributed by atoms with E-state index < -0.39 is 0 Å². The highest BCUT2D eigenvalue weighted by Gasteiger charge is 2.20. The molecule has 6 nitrogen and oxygen atoms in total. The van der Waals surface area contributed by atoms with Crippen molar-refractivity contribution in [3.05, 3.63) is 133 Å². The van der Waals surface area contributed by atoms with Gasteiger partial charge in [-0.15, -0.1) is 22.7 Å². The van der Waals surface area contributed by atoms with E-state index in [1.54, 1.807) is 22.7 Å². The van der Waals surface area contributed by atoms with Crippen LogP contribution in [0.25, 0.3) is 64.3 Å². The van der Waals surface area contributed by atoms with E-state index in [4.69, 9.17) is 18.8 Å². The molecular weight excluding hydrogens is 597 g/mol. The number of anilines is 3. The maximum Gasteiger partial charge on any atom is 0.227 e. The summed E-state index contributed by atoms with van der Waals surface area (Å²) in [5, 5.41) is 1.84. The van der Waals surface area contributed by atoms with Crippen LogP contribution in [0, 0.1) is 0 Å². The SMILES string of the molecule is c1ccc2oc(-c3ccc(N(c4ccc(-c5nc6ccccc6s5)cc4)c4ccc(-c5nc6ccccc6s5)o4)cc3)nc2c1. The van der Waals surface area contributed by atoms with E-state index in [-0.39, 0.29) is 0 Å². The van der Waals surface area contributed by atoms with E-state index in [0.717, 1.165) is 65.1 Å². The van der Waals surface area contributed by atoms with Crippen molar-refractivity contribution in [2.75, 3.05) is 4.90 Å². The second-order valence-corrected chi connectivity index (χ2v) is 12.6. The fraction of sp³-hybridized carbons (Fsp3) is 0. The van der Waals surface area contributed by atoms with Crippen LogP contribution in [-0.4, -0.2) is 15.0 Å². The number of oxazole rings is 1. The number of fused-ring (bicyclic) bond motifs is 3. The standard InChI is InChI=1S/C37H22N4O2S2/c1-4-10-30-27(7-1)38-35(43-30)23-13-17-25(18-14-23)41(34-22-21-31(42-34)37-40-29-9-3-6-12-33(29)45-37)26-19-15-24(16-20-26)36-39-28-8-2-5-11-32(28)44-36/h1-22H. The summed E-state index contributed by atoms with van der Waals surface area (Å²) in [4.78, 5) is 16.4. The van der Waals surface area contributed by atoms with E-state index in [1.165, 1.54) is 4.70 Å². The first-order valence-corrected chi connectivity index (χ1v) is 16.1. The van der Waals surface area contributed by atoms with E-state index in [1.807, 2.05) is 78.9 Å². The molecule has 0 saturated heterocycles. The second kappa shape index (κ2) is 10.6. The molecule has 0 spiro atoms. The Kier molecular flexibility index (Phi) is 6.07. The normalized spacial score (nSPS) is 11.6. The number of benzene rings is 5. The van der Waals surface area contributed by atoms with Gasteiger partial charge in [0.2, 0.25) is 11.8 Å². The molecule has 0 amide bonds. The van der Waals surface area contributed by atoms with Gasteiger partial charge in [-0.25, -0.2) is 15.0 Å². The molecule has 45 heavy (non-hydrogen) atoms. The number of aromatic nitrogens is 3. The average Bonchev–Trinajstić information content (AvgIpc) is 3.90. The van der Waals surface area contributed by atoms with Crippen LogP contribution >= 0.6 is 22.7 Å². The van der Waals surface area contributed by atoms with Crippen molar-refractivity contribution < 1.29 is 8.83 Å². The lowest BCUT2D eigenvalue weighted by Crippen LogP contribution is -2.08. The number of thiazole rings is 2. The number of hydrogen-bond donors (Lipinski definition) is 0. The van der Waals surface area contributed by atoms with Gasteiger partial charge in [-0.3, -0.25) is 4.90 Å². The highest BCUT2D eigenvalue weighted by atomic mass is 32.1. The van der Waals surface area contributed by atoms with Gasteiger partial charge in [0.1, 0.15) is 10.5 Å². The van der Waals surface area contributed by atoms with Crippen LogP contribution in [0.4, 0.5) is 17.3 Å². The Morgan fingerprint density at radius 1 is 0.467 bits per heavy atom. The van der Waals surface area contributed by atoms with E-state index in [9.17, 15) is 0 Å². The zero-order chi connectivity index (χ0) is 29.7. The molecule has 8 heteroatoms. The minimum absolute atomic E-state index is 0.589. The molecule has 9 rings (SSSR count). The highest BCUT2D eigenvalue weighted by Crippen LogP contribution is 2.41. The molecule has 0 unspecified atom stereocenters. The van der Waals surface area contributed by atoms with Crippen LogP contribution in [0.2, 0.25) is 0 Å². The topological polar surface area (TPSA) is 68.2 Å². The zero-order valence-corrected chi connectivity index (χ0v) is 25.3. The smallest absolute Gasteiger partial charge is 0.227 e. The lowest BCUT2D eigenvalue weighted by molar-refractivity contribution is 0.588. The number of nitrogens with zero attached hydrogens (tertiary/aromatic N) is 4. The molecule has 0 atom stereocenters. The summed E-state index contributed by atoms with van der Waals surface area (Å²) in [6, 6.07) is 44.8. The Labute approximate surface area is 265 Å². The largest absolute Gasteiger partial charge is 0.437 e. The van der Waals surface area contributed by atoms with Gasteiger partial charge in [0.15, 0.2) is 16.4 Å². The van der Waals surface area contributed by atoms with Gasteiger partial charge in [-0.1, -0.05) is 36.4 Å². The molecule has 5 aromatic carbocycles. The number of rotatable bonds is 6. The molecule has 0 N–H and O–H groups in total. The highest BCUT2D eigenvalue weighted by molar-refractivity contribution is 7.22. The fourth-order valence-electron chi connectivity index (χ4n) is 5.44. The molecule has 4 heterocycles. The van der Waals surface area contributed by atoms with Crippen LogP contribution in [0.1, 0.15) is 0 Å². The molecule has 0 aliphatic heterocycles. The zero-order valence-electron chi connectivity index (χ0n) is 23.6. The number of hydrogen-bond acceptors (Lipinski definition) is 8. The van der Waals surface area contributed by atoms with Crippen molar-refractivity contribution >= 4 is 71.5 Å². The van der Waals surface area contributed by atoms with Crippen molar-refractivity contribution in [1.29, 1.82) is 0 Å². The van der Waals surface area contributed by atoms with Crippen molar-refractivity contribution in [2.24, 2.45) is 0 Å². The fourth-order valence-corrected chi connectivity index (χ4v) is 7.34. The molecule has 214 valence electrons. The number of para-hydroxylation sites is 4. The van der Waals surface area contributed by atoms with Crippen LogP contribution in [0.15, 0.2) is 142 Å². The molecule has 0 radical (unpaired) electrons. The van der Waals surface area contributed by atoms with Gasteiger partial charge >= 0.3 is 0 Å². The summed E-state index contributed by atoms with van der Waals surface area (Å²) in [6.07, 6.45) is 0. The minimum atomic E-state index is 0.589. The summed E-state index contributed by atoms with van der Waals surface area (Å²) >= 11 is 3.32. The maximum absolute atomic E-state index is 6.51. The van der Waals surface area contributed by atoms with Gasteiger partial charge in [-0.05, 0) is 91.0 Å². The first-order chi connectivity index (χ1) is 22.2. The third-order valence-electron chi connectivity index (χ3n) is 7.65. The number of furan rings is 1. The monoisotopic (exact) mass is 618 g/mol. The Balaban J connectivity index is 1.10. The van der Waals surface area contributed by atoms with Crippen molar-refractivity contribution in [3.63, 3.8) is 0 Å². The molecule has 4 aromatic heterocycles. The Morgan fingerprint density at radius 2 is 1.04 bits per heavy atom. The van der Waals surface area contributed by atoms with Gasteiger partial charge < -0.3 is 8.83 Å². The van der Waals surface area contributed by atoms with Gasteiger partial charge in [0, 0.05) is 28.6 Å². The lowest BCUT2D eigenvalue weighted by Gasteiger charge is -2.22. The third-order valence-corrected chi connectivity index (χ3v) is 9.79. The minimum Gasteiger partial charge on any atom is -0.437 e. The predicted molar refractivity (Wildman–Crippen MR) is 184 cm³/mol. The first kappa shape index (κ1) is 25.9. The Hall–Kier alpha value is -5.57. The molecule has 0 aliphatic carbocycles. The summed E-state index contributed by atoms with van der Waals surface area (Å²) in [5.74, 6) is 2.00. The van der Waals surface area contributed by atoms with Crippen LogP contribution < -0.4 is 4.90 Å². The molecule has 0 aliphatic rings. The van der Waals surface area contributed by atoms with Gasteiger partial charge in [-0.2, -0.15) is 0 Å². The summed E-state index contributed by atoms with van der Waals surface area (Å²) in [5.41, 5.74) is 7.45. The Bertz CT molecular complexity index is 2240. The summed E-state index contributed by atoms with van der Waals surface area (Å²) < 4.78 is 14.8. The second-order valence-electron chi connectivity index (χ2n) is 10.5. The van der Waals surface area contributed by atoms with E-state index >= 15 is 0 Å². The molecular formula is C37H22N4O2S2. The average molecular weight is 619 g/mol. The molecule has 0 fully saturated rings. The third kappa shape index (κ3) is 4.68. The summed E-state index contributed by atoms with van der Waals surface area (Å²) in [6.45, 7) is 0. The van der Waals surface area contributed by atoms with E-state index in [0.29, 0.717) is 11.8 Å². The molecule has 0 saturated carbocycles. The first-order valence-electron chi connectivity index (χ1n) is 14.4. The molecule has 9 aromatic rings. The van der Waals surface area contributed by atoms with Gasteiger partial charge in [0.05, 0.1) is 20.4 Å². The van der Waals surface area contributed by atoms with Crippen molar-refractivity contribution in [2.45, 2.75) is 0 Å².